The van der Waals surface area contributed by atoms with Crippen LogP contribution in [0.4, 0.5) is 0 Å². The second-order valence-electron chi connectivity index (χ2n) is 5.10. The Morgan fingerprint density at radius 2 is 2.48 bits per heavy atom. The Kier molecular flexibility index (Phi) is 3.28. The third kappa shape index (κ3) is 2.62. The van der Waals surface area contributed by atoms with E-state index >= 15 is 0 Å². The molecule has 0 saturated heterocycles. The van der Waals surface area contributed by atoms with Crippen molar-refractivity contribution >= 4 is 11.3 Å². The summed E-state index contributed by atoms with van der Waals surface area (Å²) < 4.78 is 7.50. The fourth-order valence-electron chi connectivity index (χ4n) is 2.55. The van der Waals surface area contributed by atoms with E-state index in [2.05, 4.69) is 20.4 Å². The highest BCUT2D eigenvalue weighted by atomic mass is 32.1. The highest BCUT2D eigenvalue weighted by Gasteiger charge is 2.19. The molecule has 0 saturated carbocycles. The molecule has 21 heavy (non-hydrogen) atoms. The Bertz CT molecular complexity index is 717. The maximum absolute atomic E-state index is 5.52. The van der Waals surface area contributed by atoms with E-state index in [1.54, 1.807) is 23.9 Å². The third-order valence-corrected chi connectivity index (χ3v) is 4.52. The lowest BCUT2D eigenvalue weighted by molar-refractivity contribution is 0.356. The average molecular weight is 301 g/mol. The molecule has 0 radical (unpaired) electrons. The summed E-state index contributed by atoms with van der Waals surface area (Å²) in [6.45, 7) is 1.58. The van der Waals surface area contributed by atoms with Crippen LogP contribution >= 0.6 is 11.3 Å². The first-order valence-electron chi connectivity index (χ1n) is 6.97. The van der Waals surface area contributed by atoms with Gasteiger partial charge in [-0.2, -0.15) is 5.10 Å². The van der Waals surface area contributed by atoms with Gasteiger partial charge in [0.25, 0.3) is 0 Å². The third-order valence-electron chi connectivity index (χ3n) is 3.66. The lowest BCUT2D eigenvalue weighted by atomic mass is 10.1. The van der Waals surface area contributed by atoms with Gasteiger partial charge in [-0.05, 0) is 17.9 Å². The van der Waals surface area contributed by atoms with Crippen molar-refractivity contribution in [3.05, 3.63) is 41.6 Å². The van der Waals surface area contributed by atoms with Gasteiger partial charge in [-0.15, -0.1) is 11.3 Å². The van der Waals surface area contributed by atoms with E-state index in [1.807, 2.05) is 22.2 Å². The van der Waals surface area contributed by atoms with Crippen LogP contribution < -0.4 is 5.32 Å². The summed E-state index contributed by atoms with van der Waals surface area (Å²) in [7, 11) is 0. The monoisotopic (exact) mass is 301 g/mol. The Morgan fingerprint density at radius 3 is 3.38 bits per heavy atom. The first kappa shape index (κ1) is 12.7. The maximum atomic E-state index is 5.52. The van der Waals surface area contributed by atoms with Gasteiger partial charge in [0.2, 0.25) is 5.89 Å². The van der Waals surface area contributed by atoms with E-state index in [0.29, 0.717) is 18.5 Å². The number of hydrogen-bond acceptors (Lipinski definition) is 6. The lowest BCUT2D eigenvalue weighted by Crippen LogP contribution is -2.37. The zero-order valence-electron chi connectivity index (χ0n) is 11.4. The molecule has 1 N–H and O–H groups in total. The minimum Gasteiger partial charge on any atom is -0.444 e. The predicted octanol–water partition coefficient (Wildman–Crippen LogP) is 2.10. The van der Waals surface area contributed by atoms with Gasteiger partial charge >= 0.3 is 0 Å². The normalized spacial score (nSPS) is 17.8. The van der Waals surface area contributed by atoms with Crippen LogP contribution in [0.25, 0.3) is 10.8 Å². The summed E-state index contributed by atoms with van der Waals surface area (Å²) in [6, 6.07) is 4.42. The van der Waals surface area contributed by atoms with Crippen molar-refractivity contribution in [2.24, 2.45) is 0 Å². The SMILES string of the molecule is c1csc(-c2nc(CNC3CCc4ncnn4C3)co2)c1. The molecule has 3 aromatic rings. The standard InChI is InChI=1S/C14H15N5OS/c1-2-12(21-5-1)14-18-11(8-20-14)6-15-10-3-4-13-16-9-17-19(13)7-10/h1-2,5,8-10,15H,3-4,6-7H2. The van der Waals surface area contributed by atoms with Crippen LogP contribution in [0.15, 0.2) is 34.5 Å². The number of aromatic nitrogens is 4. The topological polar surface area (TPSA) is 68.8 Å². The number of rotatable bonds is 4. The smallest absolute Gasteiger partial charge is 0.236 e. The van der Waals surface area contributed by atoms with Gasteiger partial charge in [0.15, 0.2) is 0 Å². The summed E-state index contributed by atoms with van der Waals surface area (Å²) >= 11 is 1.63. The van der Waals surface area contributed by atoms with Gasteiger partial charge in [0.05, 0.1) is 17.1 Å². The van der Waals surface area contributed by atoms with Gasteiger partial charge < -0.3 is 9.73 Å². The highest BCUT2D eigenvalue weighted by molar-refractivity contribution is 7.13. The molecule has 4 rings (SSSR count). The average Bonchev–Trinajstić information content (AvgIpc) is 3.24. The summed E-state index contributed by atoms with van der Waals surface area (Å²) in [5.74, 6) is 1.78. The van der Waals surface area contributed by atoms with Gasteiger partial charge in [0.1, 0.15) is 18.4 Å². The quantitative estimate of drug-likeness (QED) is 0.799. The molecule has 0 amide bonds. The van der Waals surface area contributed by atoms with E-state index in [0.717, 1.165) is 35.8 Å². The molecule has 7 heteroatoms. The van der Waals surface area contributed by atoms with Crippen LogP contribution in [-0.2, 0) is 19.5 Å². The van der Waals surface area contributed by atoms with Crippen LogP contribution in [0, 0.1) is 0 Å². The van der Waals surface area contributed by atoms with Crippen molar-refractivity contribution in [3.8, 4) is 10.8 Å². The first-order chi connectivity index (χ1) is 10.4. The van der Waals surface area contributed by atoms with Crippen LogP contribution in [0.2, 0.25) is 0 Å². The van der Waals surface area contributed by atoms with Crippen LogP contribution in [0.1, 0.15) is 17.9 Å². The number of fused-ring (bicyclic) bond motifs is 1. The molecule has 0 aromatic carbocycles. The van der Waals surface area contributed by atoms with E-state index < -0.39 is 0 Å². The number of nitrogens with one attached hydrogen (secondary N) is 1. The number of hydrogen-bond donors (Lipinski definition) is 1. The number of aryl methyl sites for hydroxylation is 1. The molecule has 1 aliphatic heterocycles. The highest BCUT2D eigenvalue weighted by Crippen LogP contribution is 2.23. The van der Waals surface area contributed by atoms with Gasteiger partial charge in [-0.1, -0.05) is 6.07 Å². The predicted molar refractivity (Wildman–Crippen MR) is 78.8 cm³/mol. The molecule has 1 atom stereocenters. The summed E-state index contributed by atoms with van der Waals surface area (Å²) in [4.78, 5) is 9.82. The molecule has 108 valence electrons. The van der Waals surface area contributed by atoms with E-state index in [-0.39, 0.29) is 0 Å². The summed E-state index contributed by atoms with van der Waals surface area (Å²) in [5.41, 5.74) is 0.933. The van der Waals surface area contributed by atoms with Gasteiger partial charge in [-0.25, -0.2) is 14.6 Å². The fourth-order valence-corrected chi connectivity index (χ4v) is 3.21. The van der Waals surface area contributed by atoms with Crippen molar-refractivity contribution < 1.29 is 4.42 Å². The van der Waals surface area contributed by atoms with E-state index in [1.165, 1.54) is 0 Å². The number of nitrogens with zero attached hydrogens (tertiary/aromatic N) is 4. The molecule has 0 aliphatic carbocycles. The molecule has 0 fully saturated rings. The first-order valence-corrected chi connectivity index (χ1v) is 7.85. The molecular weight excluding hydrogens is 286 g/mol. The van der Waals surface area contributed by atoms with Crippen molar-refractivity contribution in [3.63, 3.8) is 0 Å². The molecule has 1 aliphatic rings. The minimum atomic E-state index is 0.404. The second-order valence-corrected chi connectivity index (χ2v) is 6.04. The zero-order chi connectivity index (χ0) is 14.1. The molecule has 6 nitrogen and oxygen atoms in total. The molecule has 0 bridgehead atoms. The zero-order valence-corrected chi connectivity index (χ0v) is 12.2. The van der Waals surface area contributed by atoms with E-state index in [9.17, 15) is 0 Å². The maximum Gasteiger partial charge on any atom is 0.236 e. The Morgan fingerprint density at radius 1 is 1.48 bits per heavy atom. The number of oxazole rings is 1. The van der Waals surface area contributed by atoms with Crippen molar-refractivity contribution in [1.29, 1.82) is 0 Å². The van der Waals surface area contributed by atoms with Gasteiger partial charge in [-0.3, -0.25) is 0 Å². The molecule has 3 aromatic heterocycles. The number of thiophene rings is 1. The molecular formula is C14H15N5OS. The summed E-state index contributed by atoms with van der Waals surface area (Å²) in [6.07, 6.45) is 5.40. The van der Waals surface area contributed by atoms with Crippen molar-refractivity contribution in [1.82, 2.24) is 25.1 Å². The minimum absolute atomic E-state index is 0.404. The molecule has 4 heterocycles. The van der Waals surface area contributed by atoms with Crippen molar-refractivity contribution in [2.45, 2.75) is 32.0 Å². The molecule has 1 unspecified atom stereocenters. The van der Waals surface area contributed by atoms with Crippen LogP contribution in [0.3, 0.4) is 0 Å². The lowest BCUT2D eigenvalue weighted by Gasteiger charge is -2.23. The summed E-state index contributed by atoms with van der Waals surface area (Å²) in [5, 5.41) is 9.78. The molecule has 0 spiro atoms. The Balaban J connectivity index is 1.37. The van der Waals surface area contributed by atoms with Crippen LogP contribution in [-0.4, -0.2) is 25.8 Å². The largest absolute Gasteiger partial charge is 0.444 e. The Hall–Kier alpha value is -1.99. The second kappa shape index (κ2) is 5.42. The van der Waals surface area contributed by atoms with Gasteiger partial charge in [0, 0.05) is 19.0 Å². The van der Waals surface area contributed by atoms with E-state index in [4.69, 9.17) is 4.42 Å². The van der Waals surface area contributed by atoms with Crippen LogP contribution in [0.5, 0.6) is 0 Å². The van der Waals surface area contributed by atoms with Crippen molar-refractivity contribution in [2.75, 3.05) is 0 Å². The fraction of sp³-hybridized carbons (Fsp3) is 0.357. The Labute approximate surface area is 125 Å².